The summed E-state index contributed by atoms with van der Waals surface area (Å²) >= 11 is 0. The van der Waals surface area contributed by atoms with Gasteiger partial charge in [0.05, 0.1) is 31.4 Å². The molecule has 6 rings (SSSR count). The number of phenols is 1. The number of fused-ring (bicyclic) bond motifs is 1. The summed E-state index contributed by atoms with van der Waals surface area (Å²) in [7, 11) is 1.55. The second-order valence-corrected chi connectivity index (χ2v) is 12.9. The van der Waals surface area contributed by atoms with Crippen LogP contribution in [0.5, 0.6) is 17.2 Å². The zero-order valence-corrected chi connectivity index (χ0v) is 28.7. The smallest absolute Gasteiger partial charge is 0.405 e. The van der Waals surface area contributed by atoms with Crippen LogP contribution in [0.1, 0.15) is 57.6 Å². The summed E-state index contributed by atoms with van der Waals surface area (Å²) in [6, 6.07) is 27.7. The molecule has 12 nitrogen and oxygen atoms in total. The van der Waals surface area contributed by atoms with Gasteiger partial charge in [0.2, 0.25) is 5.56 Å². The summed E-state index contributed by atoms with van der Waals surface area (Å²) in [5.41, 5.74) is 3.46. The lowest BCUT2D eigenvalue weighted by Crippen LogP contribution is -2.39. The third-order valence-electron chi connectivity index (χ3n) is 9.43. The predicted molar refractivity (Wildman–Crippen MR) is 196 cm³/mol. The number of nitrogens with one attached hydrogen (secondary N) is 3. The number of benzene rings is 4. The molecule has 1 aliphatic rings. The zero-order chi connectivity index (χ0) is 36.6. The van der Waals surface area contributed by atoms with Crippen molar-refractivity contribution in [3.63, 3.8) is 0 Å². The van der Waals surface area contributed by atoms with Crippen molar-refractivity contribution in [2.75, 3.05) is 33.4 Å². The van der Waals surface area contributed by atoms with E-state index >= 15 is 0 Å². The molecular weight excluding hydrogens is 664 g/mol. The number of pyridine rings is 1. The highest BCUT2D eigenvalue weighted by molar-refractivity contribution is 5.95. The Bertz CT molecular complexity index is 2080. The molecule has 0 bridgehead atoms. The van der Waals surface area contributed by atoms with E-state index in [-0.39, 0.29) is 35.2 Å². The number of aliphatic hydroxyl groups excluding tert-OH is 1. The van der Waals surface area contributed by atoms with Gasteiger partial charge >= 0.3 is 6.09 Å². The van der Waals surface area contributed by atoms with Crippen LogP contribution in [-0.2, 0) is 6.54 Å². The molecule has 52 heavy (non-hydrogen) atoms. The van der Waals surface area contributed by atoms with Gasteiger partial charge in [0.1, 0.15) is 17.2 Å². The van der Waals surface area contributed by atoms with Crippen molar-refractivity contribution in [1.82, 2.24) is 20.5 Å². The molecule has 1 saturated heterocycles. The van der Waals surface area contributed by atoms with Gasteiger partial charge in [-0.05, 0) is 71.8 Å². The number of ether oxygens (including phenoxy) is 2. The number of piperidine rings is 1. The zero-order valence-electron chi connectivity index (χ0n) is 28.7. The van der Waals surface area contributed by atoms with Crippen LogP contribution < -0.4 is 25.7 Å². The average molecular weight is 707 g/mol. The minimum Gasteiger partial charge on any atom is -0.506 e. The Morgan fingerprint density at radius 1 is 0.942 bits per heavy atom. The highest BCUT2D eigenvalue weighted by atomic mass is 16.5. The number of aliphatic hydroxyl groups is 1. The third kappa shape index (κ3) is 8.53. The fraction of sp³-hybridized carbons (Fsp3) is 0.275. The lowest BCUT2D eigenvalue weighted by Gasteiger charge is -2.32. The van der Waals surface area contributed by atoms with Gasteiger partial charge in [0.15, 0.2) is 0 Å². The monoisotopic (exact) mass is 706 g/mol. The van der Waals surface area contributed by atoms with Crippen LogP contribution in [0.25, 0.3) is 10.9 Å². The normalized spacial score (nSPS) is 14.5. The first-order valence-corrected chi connectivity index (χ1v) is 17.2. The molecule has 0 saturated carbocycles. The first-order chi connectivity index (χ1) is 25.2. The van der Waals surface area contributed by atoms with Crippen LogP contribution in [0, 0.1) is 5.92 Å². The number of nitrogens with zero attached hydrogens (tertiary/aromatic N) is 1. The van der Waals surface area contributed by atoms with E-state index in [9.17, 15) is 29.7 Å². The Kier molecular flexibility index (Phi) is 11.4. The molecule has 1 fully saturated rings. The number of aromatic hydroxyl groups is 1. The number of likely N-dealkylation sites (tertiary alicyclic amines) is 1. The van der Waals surface area contributed by atoms with Crippen molar-refractivity contribution in [2.45, 2.75) is 31.5 Å². The number of carbonyl (C=O) groups is 2. The molecule has 6 N–H and O–H groups in total. The van der Waals surface area contributed by atoms with Crippen LogP contribution >= 0.6 is 0 Å². The molecule has 1 aliphatic heterocycles. The lowest BCUT2D eigenvalue weighted by molar-refractivity contribution is 0.0660. The maximum atomic E-state index is 13.5. The number of rotatable bonds is 13. The van der Waals surface area contributed by atoms with E-state index in [1.54, 1.807) is 31.4 Å². The number of phenolic OH excluding ortho intramolecular Hbond substituents is 1. The molecule has 0 spiro atoms. The summed E-state index contributed by atoms with van der Waals surface area (Å²) < 4.78 is 11.8. The highest BCUT2D eigenvalue weighted by Crippen LogP contribution is 2.30. The van der Waals surface area contributed by atoms with Crippen molar-refractivity contribution in [3.8, 4) is 17.2 Å². The predicted octanol–water partition coefficient (Wildman–Crippen LogP) is 5.35. The van der Waals surface area contributed by atoms with E-state index in [0.717, 1.165) is 29.5 Å². The van der Waals surface area contributed by atoms with Crippen molar-refractivity contribution < 1.29 is 34.4 Å². The van der Waals surface area contributed by atoms with Gasteiger partial charge in [-0.2, -0.15) is 0 Å². The lowest BCUT2D eigenvalue weighted by atomic mass is 9.96. The molecule has 12 heteroatoms. The Balaban J connectivity index is 1.00. The maximum Gasteiger partial charge on any atom is 0.405 e. The quantitative estimate of drug-likeness (QED) is 0.0943. The number of carboxylic acid groups (broad SMARTS) is 1. The van der Waals surface area contributed by atoms with Crippen LogP contribution in [0.3, 0.4) is 0 Å². The van der Waals surface area contributed by atoms with Crippen LogP contribution in [0.2, 0.25) is 0 Å². The number of aromatic nitrogens is 1. The molecule has 0 aliphatic carbocycles. The van der Waals surface area contributed by atoms with Crippen LogP contribution in [0.4, 0.5) is 4.79 Å². The summed E-state index contributed by atoms with van der Waals surface area (Å²) in [4.78, 5) is 41.2. The van der Waals surface area contributed by atoms with Gasteiger partial charge in [0.25, 0.3) is 5.91 Å². The number of hydrogen-bond donors (Lipinski definition) is 6. The summed E-state index contributed by atoms with van der Waals surface area (Å²) in [6.45, 7) is 2.24. The van der Waals surface area contributed by atoms with Crippen molar-refractivity contribution >= 4 is 22.9 Å². The van der Waals surface area contributed by atoms with Crippen LogP contribution in [0.15, 0.2) is 102 Å². The average Bonchev–Trinajstić information content (AvgIpc) is 3.16. The van der Waals surface area contributed by atoms with Gasteiger partial charge in [0, 0.05) is 48.8 Å². The van der Waals surface area contributed by atoms with Gasteiger partial charge in [-0.15, -0.1) is 0 Å². The molecular formula is C40H42N4O8. The summed E-state index contributed by atoms with van der Waals surface area (Å²) in [6.07, 6.45) is -0.450. The second kappa shape index (κ2) is 16.4. The molecule has 2 amide bonds. The van der Waals surface area contributed by atoms with Crippen LogP contribution in [-0.4, -0.2) is 70.6 Å². The Morgan fingerprint density at radius 2 is 1.71 bits per heavy atom. The van der Waals surface area contributed by atoms with E-state index in [2.05, 4.69) is 15.6 Å². The topological polar surface area (TPSA) is 173 Å². The maximum absolute atomic E-state index is 13.5. The Hall–Kier alpha value is -5.85. The Morgan fingerprint density at radius 3 is 2.46 bits per heavy atom. The SMILES string of the molecule is COc1cc(C(=O)N2CCC(COc3cccc(C(NC(=O)O)c4ccccc4)c3)CC2)ccc1CNC[C@@H](O)c1ccc(O)c2[nH]c(=O)ccc12. The van der Waals surface area contributed by atoms with Gasteiger partial charge in [-0.1, -0.05) is 54.6 Å². The van der Waals surface area contributed by atoms with Gasteiger partial charge in [-0.25, -0.2) is 4.79 Å². The van der Waals surface area contributed by atoms with E-state index in [4.69, 9.17) is 9.47 Å². The minimum absolute atomic E-state index is 0.0702. The first-order valence-electron chi connectivity index (χ1n) is 17.2. The molecule has 270 valence electrons. The first kappa shape index (κ1) is 36.0. The summed E-state index contributed by atoms with van der Waals surface area (Å²) in [5, 5.41) is 36.9. The number of hydrogen-bond acceptors (Lipinski definition) is 8. The standard InChI is InChI=1S/C40H42N4O8/c1-51-35-21-28(10-11-29(35)22-41-23-34(46)31-12-14-33(45)38-32(31)13-15-36(47)42-38)39(48)44-18-16-25(17-19-44)24-52-30-9-5-8-27(20-30)37(43-40(49)50)26-6-3-2-4-7-26/h2-15,20-21,25,34,37,41,43,45-46H,16-19,22-24H2,1H3,(H,42,47)(H,49,50)/t34-,37?/m1/s1. The molecule has 1 unspecified atom stereocenters. The van der Waals surface area contributed by atoms with Gasteiger partial charge < -0.3 is 45.3 Å². The fourth-order valence-electron chi connectivity index (χ4n) is 6.64. The minimum atomic E-state index is -1.11. The van der Waals surface area contributed by atoms with E-state index in [1.807, 2.05) is 65.6 Å². The molecule has 0 radical (unpaired) electrons. The van der Waals surface area contributed by atoms with Crippen molar-refractivity contribution in [3.05, 3.63) is 135 Å². The number of methoxy groups -OCH3 is 1. The van der Waals surface area contributed by atoms with E-state index in [1.165, 1.54) is 12.1 Å². The number of carbonyl (C=O) groups excluding carboxylic acids is 1. The molecule has 5 aromatic rings. The molecule has 2 atom stereocenters. The van der Waals surface area contributed by atoms with Crippen molar-refractivity contribution in [2.24, 2.45) is 5.92 Å². The Labute approximate surface area is 300 Å². The number of amides is 2. The summed E-state index contributed by atoms with van der Waals surface area (Å²) in [5.74, 6) is 1.33. The molecule has 2 heterocycles. The molecule has 1 aromatic heterocycles. The number of H-pyrrole nitrogens is 1. The largest absolute Gasteiger partial charge is 0.506 e. The molecule has 4 aromatic carbocycles. The third-order valence-corrected chi connectivity index (χ3v) is 9.43. The number of aromatic amines is 1. The van der Waals surface area contributed by atoms with Crippen molar-refractivity contribution in [1.29, 1.82) is 0 Å². The highest BCUT2D eigenvalue weighted by Gasteiger charge is 2.25. The van der Waals surface area contributed by atoms with Gasteiger partial charge in [-0.3, -0.25) is 9.59 Å². The fourth-order valence-corrected chi connectivity index (χ4v) is 6.64. The van der Waals surface area contributed by atoms with E-state index < -0.39 is 18.2 Å². The second-order valence-electron chi connectivity index (χ2n) is 12.9. The van der Waals surface area contributed by atoms with E-state index in [0.29, 0.717) is 54.3 Å².